The summed E-state index contributed by atoms with van der Waals surface area (Å²) in [7, 11) is 0. The fourth-order valence-corrected chi connectivity index (χ4v) is 3.03. The van der Waals surface area contributed by atoms with Crippen LogP contribution >= 0.6 is 0 Å². The van der Waals surface area contributed by atoms with Gasteiger partial charge in [0.1, 0.15) is 17.0 Å². The van der Waals surface area contributed by atoms with Crippen LogP contribution in [0.2, 0.25) is 0 Å². The Bertz CT molecular complexity index is 933. The molecule has 0 radical (unpaired) electrons. The Morgan fingerprint density at radius 3 is 2.76 bits per heavy atom. The topological polar surface area (TPSA) is 59.8 Å². The maximum atomic E-state index is 13.8. The van der Waals surface area contributed by atoms with Crippen LogP contribution in [0.15, 0.2) is 30.3 Å². The molecule has 0 aliphatic rings. The van der Waals surface area contributed by atoms with E-state index >= 15 is 0 Å². The maximum absolute atomic E-state index is 13.8. The minimum Gasteiger partial charge on any atom is -0.350 e. The number of amides is 1. The normalized spacial score (nSPS) is 11.0. The van der Waals surface area contributed by atoms with Gasteiger partial charge in [0.15, 0.2) is 0 Å². The lowest BCUT2D eigenvalue weighted by Crippen LogP contribution is -2.26. The summed E-state index contributed by atoms with van der Waals surface area (Å²) in [6.07, 6.45) is 0.700. The molecule has 1 amide bonds. The highest BCUT2D eigenvalue weighted by Crippen LogP contribution is 2.16. The summed E-state index contributed by atoms with van der Waals surface area (Å²) in [5.74, 6) is -0.728. The number of halogens is 1. The van der Waals surface area contributed by atoms with E-state index in [2.05, 4.69) is 22.3 Å². The third kappa shape index (κ3) is 3.38. The van der Waals surface area contributed by atoms with E-state index in [1.165, 1.54) is 6.07 Å². The zero-order valence-electron chi connectivity index (χ0n) is 14.6. The summed E-state index contributed by atoms with van der Waals surface area (Å²) in [4.78, 5) is 16.5. The molecule has 0 atom stereocenters. The molecule has 3 rings (SSSR count). The predicted molar refractivity (Wildman–Crippen MR) is 95.1 cm³/mol. The van der Waals surface area contributed by atoms with Crippen LogP contribution in [0.5, 0.6) is 0 Å². The number of hydrogen-bond acceptors (Lipinski definition) is 3. The van der Waals surface area contributed by atoms with Gasteiger partial charge in [-0.2, -0.15) is 5.10 Å². The minimum absolute atomic E-state index is 0.214. The number of nitrogens with zero attached hydrogens (tertiary/aromatic N) is 3. The molecule has 0 saturated heterocycles. The average Bonchev–Trinajstić information content (AvgIpc) is 2.89. The molecule has 0 fully saturated rings. The number of aryl methyl sites for hydroxylation is 2. The summed E-state index contributed by atoms with van der Waals surface area (Å²) >= 11 is 0. The molecule has 0 unspecified atom stereocenters. The monoisotopic (exact) mass is 340 g/mol. The second-order valence-corrected chi connectivity index (χ2v) is 5.98. The number of fused-ring (bicyclic) bond motifs is 1. The van der Waals surface area contributed by atoms with E-state index in [-0.39, 0.29) is 17.1 Å². The molecule has 6 heteroatoms. The molecule has 1 N–H and O–H groups in total. The van der Waals surface area contributed by atoms with Crippen molar-refractivity contribution >= 4 is 16.8 Å². The second kappa shape index (κ2) is 7.01. The lowest BCUT2D eigenvalue weighted by molar-refractivity contribution is 0.0949. The van der Waals surface area contributed by atoms with Crippen molar-refractivity contribution in [3.8, 4) is 0 Å². The Labute approximate surface area is 145 Å². The molecular formula is C19H21FN4O. The molecule has 0 bridgehead atoms. The van der Waals surface area contributed by atoms with Gasteiger partial charge >= 0.3 is 0 Å². The molecule has 5 nitrogen and oxygen atoms in total. The molecule has 2 heterocycles. The summed E-state index contributed by atoms with van der Waals surface area (Å²) in [5.41, 5.74) is 3.70. The van der Waals surface area contributed by atoms with E-state index in [4.69, 9.17) is 0 Å². The summed E-state index contributed by atoms with van der Waals surface area (Å²) in [6, 6.07) is 8.06. The lowest BCUT2D eigenvalue weighted by Gasteiger charge is -2.07. The van der Waals surface area contributed by atoms with Crippen LogP contribution in [0, 0.1) is 19.7 Å². The number of aromatic nitrogens is 3. The highest BCUT2D eigenvalue weighted by molar-refractivity contribution is 5.94. The first-order valence-electron chi connectivity index (χ1n) is 8.37. The number of benzene rings is 1. The first kappa shape index (κ1) is 17.1. The fraction of sp³-hybridized carbons (Fsp3) is 0.316. The van der Waals surface area contributed by atoms with Crippen LogP contribution in [0.4, 0.5) is 4.39 Å². The van der Waals surface area contributed by atoms with E-state index in [0.29, 0.717) is 18.4 Å². The highest BCUT2D eigenvalue weighted by atomic mass is 19.1. The summed E-state index contributed by atoms with van der Waals surface area (Å²) in [5, 5.41) is 8.01. The van der Waals surface area contributed by atoms with E-state index in [1.54, 1.807) is 24.3 Å². The first-order valence-corrected chi connectivity index (χ1v) is 8.37. The van der Waals surface area contributed by atoms with Crippen LogP contribution in [0.1, 0.15) is 34.4 Å². The standard InChI is InChI=1S/C19H21FN4O/c1-4-24-13(3)15(12(2)23-24)10-11-21-19(25)17-9-8-14-6-5-7-16(20)18(14)22-17/h5-9H,4,10-11H2,1-3H3,(H,21,25). The minimum atomic E-state index is -0.426. The third-order valence-electron chi connectivity index (χ3n) is 4.40. The van der Waals surface area contributed by atoms with Gasteiger partial charge in [-0.1, -0.05) is 18.2 Å². The maximum Gasteiger partial charge on any atom is 0.269 e. The lowest BCUT2D eigenvalue weighted by atomic mass is 10.1. The van der Waals surface area contributed by atoms with Crippen LogP contribution in [-0.2, 0) is 13.0 Å². The van der Waals surface area contributed by atoms with Gasteiger partial charge in [-0.05, 0) is 44.9 Å². The van der Waals surface area contributed by atoms with Gasteiger partial charge in [0.2, 0.25) is 0 Å². The van der Waals surface area contributed by atoms with Crippen molar-refractivity contribution in [3.63, 3.8) is 0 Å². The van der Waals surface area contributed by atoms with E-state index in [0.717, 1.165) is 23.5 Å². The van der Waals surface area contributed by atoms with Gasteiger partial charge in [-0.25, -0.2) is 9.37 Å². The first-order chi connectivity index (χ1) is 12.0. The smallest absolute Gasteiger partial charge is 0.269 e. The van der Waals surface area contributed by atoms with Gasteiger partial charge in [-0.15, -0.1) is 0 Å². The van der Waals surface area contributed by atoms with Gasteiger partial charge in [0.25, 0.3) is 5.91 Å². The van der Waals surface area contributed by atoms with Crippen LogP contribution < -0.4 is 5.32 Å². The number of rotatable bonds is 5. The van der Waals surface area contributed by atoms with Crippen molar-refractivity contribution in [3.05, 3.63) is 58.8 Å². The molecule has 0 aliphatic heterocycles. The molecular weight excluding hydrogens is 319 g/mol. The Hall–Kier alpha value is -2.76. The van der Waals surface area contributed by atoms with Crippen LogP contribution in [-0.4, -0.2) is 27.2 Å². The van der Waals surface area contributed by atoms with Gasteiger partial charge in [0, 0.05) is 24.2 Å². The largest absolute Gasteiger partial charge is 0.350 e. The Morgan fingerprint density at radius 2 is 2.04 bits per heavy atom. The number of carbonyl (C=O) groups excluding carboxylic acids is 1. The number of para-hydroxylation sites is 1. The molecule has 1 aromatic carbocycles. The zero-order valence-corrected chi connectivity index (χ0v) is 14.6. The summed E-state index contributed by atoms with van der Waals surface area (Å²) in [6.45, 7) is 7.37. The van der Waals surface area contributed by atoms with Crippen molar-refractivity contribution in [2.24, 2.45) is 0 Å². The predicted octanol–water partition coefficient (Wildman–Crippen LogP) is 3.18. The van der Waals surface area contributed by atoms with Crippen molar-refractivity contribution in [2.45, 2.75) is 33.7 Å². The fourth-order valence-electron chi connectivity index (χ4n) is 3.03. The highest BCUT2D eigenvalue weighted by Gasteiger charge is 2.13. The van der Waals surface area contributed by atoms with E-state index in [1.807, 2.05) is 18.5 Å². The molecule has 0 saturated carbocycles. The van der Waals surface area contributed by atoms with Crippen LogP contribution in [0.3, 0.4) is 0 Å². The SMILES string of the molecule is CCn1nc(C)c(CCNC(=O)c2ccc3cccc(F)c3n2)c1C. The molecule has 0 aliphatic carbocycles. The number of nitrogens with one attached hydrogen (secondary N) is 1. The van der Waals surface area contributed by atoms with Crippen molar-refractivity contribution in [1.82, 2.24) is 20.1 Å². The average molecular weight is 340 g/mol. The number of pyridine rings is 1. The van der Waals surface area contributed by atoms with Gasteiger partial charge < -0.3 is 5.32 Å². The Morgan fingerprint density at radius 1 is 1.24 bits per heavy atom. The van der Waals surface area contributed by atoms with Gasteiger partial charge in [0.05, 0.1) is 5.69 Å². The van der Waals surface area contributed by atoms with E-state index in [9.17, 15) is 9.18 Å². The van der Waals surface area contributed by atoms with Gasteiger partial charge in [-0.3, -0.25) is 9.48 Å². The van der Waals surface area contributed by atoms with Crippen molar-refractivity contribution < 1.29 is 9.18 Å². The second-order valence-electron chi connectivity index (χ2n) is 5.98. The van der Waals surface area contributed by atoms with Crippen molar-refractivity contribution in [1.29, 1.82) is 0 Å². The number of hydrogen-bond donors (Lipinski definition) is 1. The Kier molecular flexibility index (Phi) is 4.79. The Balaban J connectivity index is 1.69. The molecule has 25 heavy (non-hydrogen) atoms. The molecule has 130 valence electrons. The molecule has 2 aromatic heterocycles. The van der Waals surface area contributed by atoms with E-state index < -0.39 is 5.82 Å². The summed E-state index contributed by atoms with van der Waals surface area (Å²) < 4.78 is 15.8. The third-order valence-corrected chi connectivity index (χ3v) is 4.40. The molecule has 0 spiro atoms. The zero-order chi connectivity index (χ0) is 18.0. The van der Waals surface area contributed by atoms with Crippen LogP contribution in [0.25, 0.3) is 10.9 Å². The quantitative estimate of drug-likeness (QED) is 0.776. The number of carbonyl (C=O) groups is 1. The van der Waals surface area contributed by atoms with Crippen molar-refractivity contribution in [2.75, 3.05) is 6.54 Å². The molecule has 3 aromatic rings.